The van der Waals surface area contributed by atoms with Crippen LogP contribution in [0, 0.1) is 13.8 Å². The molecule has 8 nitrogen and oxygen atoms in total. The fourth-order valence-corrected chi connectivity index (χ4v) is 4.25. The minimum absolute atomic E-state index is 0.0859. The molecular formula is C18H25N5O3S2. The fourth-order valence-electron chi connectivity index (χ4n) is 2.30. The Morgan fingerprint density at radius 2 is 1.96 bits per heavy atom. The van der Waals surface area contributed by atoms with E-state index in [-0.39, 0.29) is 18.4 Å². The molecule has 0 fully saturated rings. The molecule has 28 heavy (non-hydrogen) atoms. The predicted octanol–water partition coefficient (Wildman–Crippen LogP) is 2.45. The number of nitrogens with zero attached hydrogens (tertiary/aromatic N) is 2. The molecule has 0 aliphatic carbocycles. The van der Waals surface area contributed by atoms with E-state index >= 15 is 0 Å². The number of ether oxygens (including phenoxy) is 1. The van der Waals surface area contributed by atoms with Crippen LogP contribution in [0.5, 0.6) is 0 Å². The summed E-state index contributed by atoms with van der Waals surface area (Å²) in [7, 11) is 1.63. The monoisotopic (exact) mass is 423 g/mol. The van der Waals surface area contributed by atoms with Crippen molar-refractivity contribution in [3.8, 4) is 0 Å². The summed E-state index contributed by atoms with van der Waals surface area (Å²) in [5.74, 6) is -0.491. The standard InChI is InChI=1S/C18H25N5O3S2/c1-11-6-5-7-12(2)15(11)21-14(24)10-20-16(25)13(3)27-18-23-22-17(28-18)19-8-9-26-4/h5-7,13H,8-10H2,1-4H3,(H,19,22)(H,20,25)(H,21,24). The van der Waals surface area contributed by atoms with Gasteiger partial charge in [-0.15, -0.1) is 10.2 Å². The van der Waals surface area contributed by atoms with E-state index in [1.165, 1.54) is 23.1 Å². The van der Waals surface area contributed by atoms with E-state index in [0.29, 0.717) is 22.6 Å². The normalized spacial score (nSPS) is 11.7. The molecular weight excluding hydrogens is 398 g/mol. The van der Waals surface area contributed by atoms with Gasteiger partial charge in [0.05, 0.1) is 18.4 Å². The number of rotatable bonds is 10. The van der Waals surface area contributed by atoms with Crippen LogP contribution in [-0.2, 0) is 14.3 Å². The van der Waals surface area contributed by atoms with Crippen molar-refractivity contribution in [2.45, 2.75) is 30.4 Å². The highest BCUT2D eigenvalue weighted by atomic mass is 32.2. The third-order valence-corrected chi connectivity index (χ3v) is 5.87. The molecule has 1 unspecified atom stereocenters. The fraction of sp³-hybridized carbons (Fsp3) is 0.444. The lowest BCUT2D eigenvalue weighted by molar-refractivity contribution is -0.123. The first-order chi connectivity index (χ1) is 13.4. The molecule has 3 N–H and O–H groups in total. The van der Waals surface area contributed by atoms with Crippen LogP contribution in [0.2, 0.25) is 0 Å². The van der Waals surface area contributed by atoms with Gasteiger partial charge < -0.3 is 20.7 Å². The predicted molar refractivity (Wildman–Crippen MR) is 113 cm³/mol. The molecule has 0 saturated heterocycles. The summed E-state index contributed by atoms with van der Waals surface area (Å²) in [5, 5.41) is 17.0. The van der Waals surface area contributed by atoms with Gasteiger partial charge in [0, 0.05) is 19.3 Å². The first-order valence-electron chi connectivity index (χ1n) is 8.77. The lowest BCUT2D eigenvalue weighted by Gasteiger charge is -2.13. The molecule has 2 rings (SSSR count). The van der Waals surface area contributed by atoms with Gasteiger partial charge >= 0.3 is 0 Å². The Morgan fingerprint density at radius 1 is 1.25 bits per heavy atom. The van der Waals surface area contributed by atoms with Crippen molar-refractivity contribution in [1.82, 2.24) is 15.5 Å². The Labute approximate surface area is 172 Å². The Hall–Kier alpha value is -2.17. The van der Waals surface area contributed by atoms with Crippen molar-refractivity contribution >= 4 is 45.7 Å². The highest BCUT2D eigenvalue weighted by Gasteiger charge is 2.18. The Balaban J connectivity index is 1.78. The van der Waals surface area contributed by atoms with Crippen LogP contribution in [0.25, 0.3) is 0 Å². The van der Waals surface area contributed by atoms with E-state index in [9.17, 15) is 9.59 Å². The second-order valence-corrected chi connectivity index (χ2v) is 8.65. The van der Waals surface area contributed by atoms with Crippen molar-refractivity contribution in [1.29, 1.82) is 0 Å². The third-order valence-electron chi connectivity index (χ3n) is 3.80. The average Bonchev–Trinajstić information content (AvgIpc) is 3.10. The highest BCUT2D eigenvalue weighted by molar-refractivity contribution is 8.02. The molecule has 0 aliphatic rings. The summed E-state index contributed by atoms with van der Waals surface area (Å²) < 4.78 is 5.65. The van der Waals surface area contributed by atoms with Crippen LogP contribution in [0.4, 0.5) is 10.8 Å². The number of para-hydroxylation sites is 1. The van der Waals surface area contributed by atoms with Gasteiger partial charge in [0.15, 0.2) is 4.34 Å². The molecule has 2 aromatic rings. The van der Waals surface area contributed by atoms with Crippen LogP contribution in [0.15, 0.2) is 22.5 Å². The highest BCUT2D eigenvalue weighted by Crippen LogP contribution is 2.28. The lowest BCUT2D eigenvalue weighted by Crippen LogP contribution is -2.37. The number of anilines is 2. The largest absolute Gasteiger partial charge is 0.383 e. The maximum atomic E-state index is 12.3. The van der Waals surface area contributed by atoms with Crippen LogP contribution >= 0.6 is 23.1 Å². The number of methoxy groups -OCH3 is 1. The number of aryl methyl sites for hydroxylation is 2. The number of thioether (sulfide) groups is 1. The lowest BCUT2D eigenvalue weighted by atomic mass is 10.1. The number of carbonyl (C=O) groups is 2. The molecule has 0 bridgehead atoms. The van der Waals surface area contributed by atoms with Gasteiger partial charge in [0.25, 0.3) is 0 Å². The van der Waals surface area contributed by atoms with Gasteiger partial charge in [-0.05, 0) is 31.9 Å². The van der Waals surface area contributed by atoms with Gasteiger partial charge in [0.1, 0.15) is 0 Å². The first kappa shape index (κ1) is 22.1. The van der Waals surface area contributed by atoms with E-state index in [1.54, 1.807) is 14.0 Å². The number of hydrogen-bond acceptors (Lipinski definition) is 8. The van der Waals surface area contributed by atoms with E-state index in [0.717, 1.165) is 16.8 Å². The van der Waals surface area contributed by atoms with Gasteiger partial charge in [-0.2, -0.15) is 0 Å². The number of aromatic nitrogens is 2. The minimum Gasteiger partial charge on any atom is -0.383 e. The Kier molecular flexibility index (Phi) is 8.68. The quantitative estimate of drug-likeness (QED) is 0.398. The van der Waals surface area contributed by atoms with Crippen molar-refractivity contribution in [2.24, 2.45) is 0 Å². The SMILES string of the molecule is COCCNc1nnc(SC(C)C(=O)NCC(=O)Nc2c(C)cccc2C)s1. The minimum atomic E-state index is -0.396. The number of benzene rings is 1. The molecule has 0 spiro atoms. The number of carbonyl (C=O) groups excluding carboxylic acids is 2. The number of nitrogens with one attached hydrogen (secondary N) is 3. The van der Waals surface area contributed by atoms with Crippen molar-refractivity contribution in [3.05, 3.63) is 29.3 Å². The van der Waals surface area contributed by atoms with Gasteiger partial charge in [-0.25, -0.2) is 0 Å². The summed E-state index contributed by atoms with van der Waals surface area (Å²) in [6, 6.07) is 5.80. The average molecular weight is 424 g/mol. The Bertz CT molecular complexity index is 792. The molecule has 10 heteroatoms. The number of amides is 2. The summed E-state index contributed by atoms with van der Waals surface area (Å²) in [6.45, 7) is 6.76. The van der Waals surface area contributed by atoms with Gasteiger partial charge in [0.2, 0.25) is 16.9 Å². The van der Waals surface area contributed by atoms with E-state index in [2.05, 4.69) is 26.1 Å². The zero-order valence-electron chi connectivity index (χ0n) is 16.4. The van der Waals surface area contributed by atoms with Crippen LogP contribution in [0.1, 0.15) is 18.1 Å². The van der Waals surface area contributed by atoms with Crippen molar-refractivity contribution < 1.29 is 14.3 Å². The third kappa shape index (κ3) is 6.77. The zero-order valence-corrected chi connectivity index (χ0v) is 18.0. The molecule has 1 aromatic carbocycles. The summed E-state index contributed by atoms with van der Waals surface area (Å²) in [5.41, 5.74) is 2.75. The van der Waals surface area contributed by atoms with E-state index in [4.69, 9.17) is 4.74 Å². The van der Waals surface area contributed by atoms with Gasteiger partial charge in [-0.1, -0.05) is 41.3 Å². The molecule has 1 aromatic heterocycles. The topological polar surface area (TPSA) is 105 Å². The molecule has 0 aliphatic heterocycles. The molecule has 0 saturated carbocycles. The first-order valence-corrected chi connectivity index (χ1v) is 10.5. The van der Waals surface area contributed by atoms with Crippen molar-refractivity contribution in [3.63, 3.8) is 0 Å². The summed E-state index contributed by atoms with van der Waals surface area (Å²) in [4.78, 5) is 24.4. The van der Waals surface area contributed by atoms with Crippen LogP contribution in [0.3, 0.4) is 0 Å². The van der Waals surface area contributed by atoms with E-state index in [1.807, 2.05) is 32.0 Å². The maximum absolute atomic E-state index is 12.3. The molecule has 0 radical (unpaired) electrons. The zero-order chi connectivity index (χ0) is 20.5. The molecule has 2 amide bonds. The summed E-state index contributed by atoms with van der Waals surface area (Å²) in [6.07, 6.45) is 0. The van der Waals surface area contributed by atoms with Crippen LogP contribution in [-0.4, -0.2) is 54.1 Å². The second kappa shape index (κ2) is 11.0. The van der Waals surface area contributed by atoms with E-state index < -0.39 is 5.25 Å². The van der Waals surface area contributed by atoms with Gasteiger partial charge in [-0.3, -0.25) is 9.59 Å². The van der Waals surface area contributed by atoms with Crippen molar-refractivity contribution in [2.75, 3.05) is 37.4 Å². The molecule has 152 valence electrons. The molecule has 1 atom stereocenters. The van der Waals surface area contributed by atoms with Crippen LogP contribution < -0.4 is 16.0 Å². The summed E-state index contributed by atoms with van der Waals surface area (Å²) >= 11 is 2.68. The molecule has 1 heterocycles. The Morgan fingerprint density at radius 3 is 2.64 bits per heavy atom. The second-order valence-electron chi connectivity index (χ2n) is 6.09. The number of hydrogen-bond donors (Lipinski definition) is 3. The smallest absolute Gasteiger partial charge is 0.243 e. The maximum Gasteiger partial charge on any atom is 0.243 e.